The first-order valence-corrected chi connectivity index (χ1v) is 11.8. The van der Waals surface area contributed by atoms with E-state index in [1.165, 1.54) is 34.9 Å². The van der Waals surface area contributed by atoms with E-state index >= 15 is 0 Å². The predicted octanol–water partition coefficient (Wildman–Crippen LogP) is 3.88. The van der Waals surface area contributed by atoms with Gasteiger partial charge in [0.2, 0.25) is 5.95 Å². The van der Waals surface area contributed by atoms with Crippen molar-refractivity contribution in [3.63, 3.8) is 0 Å². The molecular weight excluding hydrogens is 408 g/mol. The van der Waals surface area contributed by atoms with Crippen molar-refractivity contribution >= 4 is 23.5 Å². The highest BCUT2D eigenvalue weighted by molar-refractivity contribution is 7.99. The van der Waals surface area contributed by atoms with Gasteiger partial charge in [-0.05, 0) is 55.5 Å². The summed E-state index contributed by atoms with van der Waals surface area (Å²) in [5.41, 5.74) is 5.71. The van der Waals surface area contributed by atoms with Crippen LogP contribution in [0.4, 0.5) is 5.95 Å². The van der Waals surface area contributed by atoms with Crippen LogP contribution in [0.3, 0.4) is 0 Å². The van der Waals surface area contributed by atoms with E-state index in [1.54, 1.807) is 0 Å². The van der Waals surface area contributed by atoms with Gasteiger partial charge in [0.05, 0.1) is 24.7 Å². The number of Topliss-reactive ketones (excluding diaryl/α,β-unsaturated/α-hetero) is 1. The highest BCUT2D eigenvalue weighted by Gasteiger charge is 2.23. The van der Waals surface area contributed by atoms with Crippen molar-refractivity contribution in [2.75, 3.05) is 37.0 Å². The molecule has 1 fully saturated rings. The summed E-state index contributed by atoms with van der Waals surface area (Å²) in [7, 11) is 0. The molecule has 0 radical (unpaired) electrons. The van der Waals surface area contributed by atoms with Gasteiger partial charge in [-0.25, -0.2) is 0 Å². The number of ether oxygens (including phenoxy) is 1. The van der Waals surface area contributed by atoms with Crippen LogP contribution in [0.15, 0.2) is 47.6 Å². The number of carbonyl (C=O) groups is 1. The molecule has 1 aliphatic heterocycles. The molecule has 1 saturated heterocycles. The highest BCUT2D eigenvalue weighted by Crippen LogP contribution is 2.29. The van der Waals surface area contributed by atoms with Crippen LogP contribution in [0.25, 0.3) is 5.69 Å². The van der Waals surface area contributed by atoms with Crippen molar-refractivity contribution in [3.05, 3.63) is 64.7 Å². The van der Waals surface area contributed by atoms with Crippen molar-refractivity contribution in [2.45, 2.75) is 31.3 Å². The van der Waals surface area contributed by atoms with Crippen LogP contribution >= 0.6 is 11.8 Å². The number of hydrogen-bond acceptors (Lipinski definition) is 6. The average molecular weight is 435 g/mol. The number of fused-ring (bicyclic) bond motifs is 1. The maximum absolute atomic E-state index is 12.9. The summed E-state index contributed by atoms with van der Waals surface area (Å²) in [6.07, 6.45) is 3.39. The first kappa shape index (κ1) is 20.3. The molecule has 0 amide bonds. The first-order valence-electron chi connectivity index (χ1n) is 10.8. The number of morpholine rings is 1. The molecule has 2 aromatic carbocycles. The van der Waals surface area contributed by atoms with Crippen LogP contribution < -0.4 is 4.90 Å². The third-order valence-corrected chi connectivity index (χ3v) is 6.88. The number of carbonyl (C=O) groups excluding carboxylic acids is 1. The Labute approximate surface area is 186 Å². The molecule has 0 saturated carbocycles. The van der Waals surface area contributed by atoms with Crippen molar-refractivity contribution in [2.24, 2.45) is 0 Å². The standard InChI is InChI=1S/C24H26N4O2S/c1-17-5-9-21(10-6-17)28-23(27-11-13-30-14-12-27)25-26-24(28)31-16-22(29)20-8-7-18-3-2-4-19(18)15-20/h5-10,15H,2-4,11-14,16H2,1H3. The van der Waals surface area contributed by atoms with Crippen molar-refractivity contribution < 1.29 is 9.53 Å². The molecule has 1 aromatic heterocycles. The van der Waals surface area contributed by atoms with E-state index in [-0.39, 0.29) is 5.78 Å². The lowest BCUT2D eigenvalue weighted by Crippen LogP contribution is -2.37. The van der Waals surface area contributed by atoms with Gasteiger partial charge in [0.1, 0.15) is 0 Å². The van der Waals surface area contributed by atoms with Gasteiger partial charge in [0.25, 0.3) is 0 Å². The van der Waals surface area contributed by atoms with Gasteiger partial charge in [-0.1, -0.05) is 41.6 Å². The second-order valence-corrected chi connectivity index (χ2v) is 9.04. The number of nitrogens with zero attached hydrogens (tertiary/aromatic N) is 4. The van der Waals surface area contributed by atoms with E-state index in [4.69, 9.17) is 4.74 Å². The number of thioether (sulfide) groups is 1. The summed E-state index contributed by atoms with van der Waals surface area (Å²) in [5.74, 6) is 1.28. The van der Waals surface area contributed by atoms with E-state index in [1.807, 2.05) is 6.07 Å². The smallest absolute Gasteiger partial charge is 0.232 e. The lowest BCUT2D eigenvalue weighted by Gasteiger charge is -2.28. The normalized spacial score (nSPS) is 15.8. The van der Waals surface area contributed by atoms with Crippen LogP contribution in [0.1, 0.15) is 33.5 Å². The third-order valence-electron chi connectivity index (χ3n) is 5.96. The Kier molecular flexibility index (Phi) is 5.78. The van der Waals surface area contributed by atoms with Gasteiger partial charge in [0.15, 0.2) is 10.9 Å². The molecule has 160 valence electrons. The Hall–Kier alpha value is -2.64. The molecular formula is C24H26N4O2S. The number of aromatic nitrogens is 3. The quantitative estimate of drug-likeness (QED) is 0.434. The fourth-order valence-corrected chi connectivity index (χ4v) is 5.04. The van der Waals surface area contributed by atoms with E-state index in [2.05, 4.69) is 63.0 Å². The van der Waals surface area contributed by atoms with Crippen molar-refractivity contribution in [1.82, 2.24) is 14.8 Å². The summed E-state index contributed by atoms with van der Waals surface area (Å²) < 4.78 is 7.56. The number of anilines is 1. The zero-order valence-corrected chi connectivity index (χ0v) is 18.5. The van der Waals surface area contributed by atoms with Crippen molar-refractivity contribution in [3.8, 4) is 5.69 Å². The summed E-state index contributed by atoms with van der Waals surface area (Å²) >= 11 is 1.45. The van der Waals surface area contributed by atoms with Gasteiger partial charge in [-0.15, -0.1) is 10.2 Å². The molecule has 0 unspecified atom stereocenters. The molecule has 2 aliphatic rings. The zero-order valence-electron chi connectivity index (χ0n) is 17.7. The van der Waals surface area contributed by atoms with Crippen LogP contribution in [0.5, 0.6) is 0 Å². The maximum Gasteiger partial charge on any atom is 0.232 e. The Morgan fingerprint density at radius 2 is 1.81 bits per heavy atom. The summed E-state index contributed by atoms with van der Waals surface area (Å²) in [5, 5.41) is 9.68. The maximum atomic E-state index is 12.9. The fourth-order valence-electron chi connectivity index (χ4n) is 4.20. The number of ketones is 1. The van der Waals surface area contributed by atoms with Gasteiger partial charge >= 0.3 is 0 Å². The minimum atomic E-state index is 0.131. The minimum Gasteiger partial charge on any atom is -0.378 e. The Morgan fingerprint density at radius 3 is 2.61 bits per heavy atom. The molecule has 0 N–H and O–H groups in total. The summed E-state index contributed by atoms with van der Waals surface area (Å²) in [6, 6.07) is 14.5. The molecule has 0 spiro atoms. The van der Waals surface area contributed by atoms with Gasteiger partial charge in [0, 0.05) is 18.7 Å². The molecule has 0 atom stereocenters. The Morgan fingerprint density at radius 1 is 1.03 bits per heavy atom. The highest BCUT2D eigenvalue weighted by atomic mass is 32.2. The third kappa shape index (κ3) is 4.25. The van der Waals surface area contributed by atoms with E-state index in [0.29, 0.717) is 19.0 Å². The molecule has 1 aliphatic carbocycles. The monoisotopic (exact) mass is 434 g/mol. The van der Waals surface area contributed by atoms with E-state index in [0.717, 1.165) is 48.3 Å². The first-order chi connectivity index (χ1) is 15.2. The van der Waals surface area contributed by atoms with Gasteiger partial charge < -0.3 is 9.64 Å². The SMILES string of the molecule is Cc1ccc(-n2c(SCC(=O)c3ccc4c(c3)CCC4)nnc2N2CCOCC2)cc1. The lowest BCUT2D eigenvalue weighted by atomic mass is 10.0. The molecule has 31 heavy (non-hydrogen) atoms. The molecule has 2 heterocycles. The number of aryl methyl sites for hydroxylation is 3. The fraction of sp³-hybridized carbons (Fsp3) is 0.375. The number of rotatable bonds is 6. The summed E-state index contributed by atoms with van der Waals surface area (Å²) in [6.45, 7) is 5.00. The number of hydrogen-bond donors (Lipinski definition) is 0. The van der Waals surface area contributed by atoms with Crippen LogP contribution in [0.2, 0.25) is 0 Å². The molecule has 0 bridgehead atoms. The second kappa shape index (κ2) is 8.85. The Bertz CT molecular complexity index is 1090. The van der Waals surface area contributed by atoms with Crippen LogP contribution in [0, 0.1) is 6.92 Å². The Balaban J connectivity index is 1.40. The largest absolute Gasteiger partial charge is 0.378 e. The minimum absolute atomic E-state index is 0.131. The van der Waals surface area contributed by atoms with Gasteiger partial charge in [-0.2, -0.15) is 0 Å². The van der Waals surface area contributed by atoms with Crippen molar-refractivity contribution in [1.29, 1.82) is 0 Å². The predicted molar refractivity (Wildman–Crippen MR) is 123 cm³/mol. The molecule has 7 heteroatoms. The lowest BCUT2D eigenvalue weighted by molar-refractivity contribution is 0.102. The van der Waals surface area contributed by atoms with E-state index < -0.39 is 0 Å². The summed E-state index contributed by atoms with van der Waals surface area (Å²) in [4.78, 5) is 15.1. The average Bonchev–Trinajstić information content (AvgIpc) is 3.45. The number of benzene rings is 2. The molecule has 6 nitrogen and oxygen atoms in total. The van der Waals surface area contributed by atoms with Crippen LogP contribution in [-0.2, 0) is 17.6 Å². The zero-order chi connectivity index (χ0) is 21.2. The second-order valence-electron chi connectivity index (χ2n) is 8.10. The molecule has 5 rings (SSSR count). The topological polar surface area (TPSA) is 60.2 Å². The molecule has 3 aromatic rings. The van der Waals surface area contributed by atoms with Crippen LogP contribution in [-0.4, -0.2) is 52.6 Å². The van der Waals surface area contributed by atoms with E-state index in [9.17, 15) is 4.79 Å². The van der Waals surface area contributed by atoms with Gasteiger partial charge in [-0.3, -0.25) is 9.36 Å².